The van der Waals surface area contributed by atoms with Crippen molar-refractivity contribution in [2.75, 3.05) is 12.8 Å². The second-order valence-corrected chi connectivity index (χ2v) is 8.22. The summed E-state index contributed by atoms with van der Waals surface area (Å²) in [6.45, 7) is 5.67. The molecule has 0 aliphatic carbocycles. The van der Waals surface area contributed by atoms with E-state index in [1.54, 1.807) is 6.92 Å². The monoisotopic (exact) mass is 448 g/mol. The number of aryl methyl sites for hydroxylation is 1. The third-order valence-electron chi connectivity index (χ3n) is 3.99. The van der Waals surface area contributed by atoms with Crippen LogP contribution in [0.15, 0.2) is 37.7 Å². The van der Waals surface area contributed by atoms with Crippen LogP contribution < -0.4 is 5.82 Å². The van der Waals surface area contributed by atoms with Crippen molar-refractivity contribution in [2.45, 2.75) is 33.3 Å². The van der Waals surface area contributed by atoms with Gasteiger partial charge in [0, 0.05) is 6.42 Å². The first kappa shape index (κ1) is 23.5. The van der Waals surface area contributed by atoms with Crippen molar-refractivity contribution in [3.63, 3.8) is 0 Å². The summed E-state index contributed by atoms with van der Waals surface area (Å²) in [6.07, 6.45) is -1.33. The molecule has 0 aromatic carbocycles. The van der Waals surface area contributed by atoms with Crippen molar-refractivity contribution in [3.05, 3.63) is 46.2 Å². The van der Waals surface area contributed by atoms with Gasteiger partial charge in [-0.15, -0.1) is 0 Å². The number of esters is 1. The molecule has 1 aromatic rings. The summed E-state index contributed by atoms with van der Waals surface area (Å²) < 4.78 is 41.4. The molecule has 1 aliphatic rings. The van der Waals surface area contributed by atoms with Crippen molar-refractivity contribution in [3.8, 4) is 0 Å². The molecule has 166 valence electrons. The molecule has 1 aromatic heterocycles. The predicted octanol–water partition coefficient (Wildman–Crippen LogP) is 2.02. The number of allylic oxidation sites excluding steroid dienone is 1. The molecule has 0 radical (unpaired) electrons. The Bertz CT molecular complexity index is 952. The highest BCUT2D eigenvalue weighted by Crippen LogP contribution is 2.45. The lowest BCUT2D eigenvalue weighted by Gasteiger charge is -2.16. The average Bonchev–Trinajstić information content (AvgIpc) is 3.14. The van der Waals surface area contributed by atoms with Gasteiger partial charge in [-0.25, -0.2) is 4.79 Å². The highest BCUT2D eigenvalue weighted by Gasteiger charge is 2.31. The van der Waals surface area contributed by atoms with Crippen LogP contribution in [0.2, 0.25) is 0 Å². The molecular formula is C17H21O12P. The third kappa shape index (κ3) is 6.90. The minimum absolute atomic E-state index is 0.0491. The van der Waals surface area contributed by atoms with Crippen LogP contribution in [0, 0.1) is 12.8 Å². The van der Waals surface area contributed by atoms with Crippen LogP contribution >= 0.6 is 7.60 Å². The molecule has 0 spiro atoms. The second kappa shape index (κ2) is 9.79. The molecule has 2 N–H and O–H groups in total. The minimum atomic E-state index is -4.38. The Morgan fingerprint density at radius 3 is 2.43 bits per heavy atom. The van der Waals surface area contributed by atoms with E-state index in [0.717, 1.165) is 0 Å². The molecular weight excluding hydrogens is 427 g/mol. The molecule has 0 saturated carbocycles. The van der Waals surface area contributed by atoms with Gasteiger partial charge in [0.25, 0.3) is 5.95 Å². The van der Waals surface area contributed by atoms with E-state index in [4.69, 9.17) is 18.7 Å². The normalized spacial score (nSPS) is 16.6. The summed E-state index contributed by atoms with van der Waals surface area (Å²) in [6, 6.07) is 0. The van der Waals surface area contributed by atoms with Gasteiger partial charge in [-0.1, -0.05) is 0 Å². The molecule has 0 bridgehead atoms. The van der Waals surface area contributed by atoms with Crippen LogP contribution in [0.3, 0.4) is 0 Å². The zero-order valence-electron chi connectivity index (χ0n) is 16.2. The Hall–Kier alpha value is -2.82. The standard InChI is InChI=1S/C17H21O12P/c1-9-13(28-11(3)26-9)6-24-15(18)5-4-12(16(19)20)8-30(22,23)25-7-14-10(2)27-17(21)29-14/h12H,3-8H2,1-2H3,(H,19,20)(H,22,23). The van der Waals surface area contributed by atoms with Gasteiger partial charge in [-0.3, -0.25) is 14.2 Å². The fourth-order valence-corrected chi connectivity index (χ4v) is 3.71. The first-order valence-electron chi connectivity index (χ1n) is 8.65. The maximum Gasteiger partial charge on any atom is 0.519 e. The van der Waals surface area contributed by atoms with Crippen LogP contribution in [0.1, 0.15) is 31.3 Å². The molecule has 2 unspecified atom stereocenters. The van der Waals surface area contributed by atoms with Gasteiger partial charge in [0.2, 0.25) is 0 Å². The lowest BCUT2D eigenvalue weighted by atomic mass is 10.1. The van der Waals surface area contributed by atoms with Crippen molar-refractivity contribution < 1.29 is 51.7 Å². The van der Waals surface area contributed by atoms with Crippen molar-refractivity contribution >= 4 is 19.5 Å². The topological polar surface area (TPSA) is 172 Å². The van der Waals surface area contributed by atoms with E-state index in [1.165, 1.54) is 6.92 Å². The largest absolute Gasteiger partial charge is 0.519 e. The average molecular weight is 448 g/mol. The molecule has 2 heterocycles. The Labute approximate surface area is 170 Å². The Kier molecular flexibility index (Phi) is 7.65. The summed E-state index contributed by atoms with van der Waals surface area (Å²) >= 11 is 0. The molecule has 0 saturated heterocycles. The lowest BCUT2D eigenvalue weighted by molar-refractivity contribution is -0.145. The summed E-state index contributed by atoms with van der Waals surface area (Å²) in [4.78, 5) is 44.1. The lowest BCUT2D eigenvalue weighted by Crippen LogP contribution is -2.21. The van der Waals surface area contributed by atoms with Crippen molar-refractivity contribution in [1.82, 2.24) is 0 Å². The highest BCUT2D eigenvalue weighted by molar-refractivity contribution is 7.52. The van der Waals surface area contributed by atoms with Crippen LogP contribution in [0.25, 0.3) is 0 Å². The van der Waals surface area contributed by atoms with Gasteiger partial charge in [0.05, 0.1) is 12.1 Å². The number of carboxylic acid groups (broad SMARTS) is 1. The zero-order chi connectivity index (χ0) is 22.5. The first-order valence-corrected chi connectivity index (χ1v) is 10.4. The van der Waals surface area contributed by atoms with Crippen LogP contribution in [0.5, 0.6) is 0 Å². The number of ether oxygens (including phenoxy) is 3. The number of carbonyl (C=O) groups excluding carboxylic acids is 1. The number of hydrogen-bond acceptors (Lipinski definition) is 10. The van der Waals surface area contributed by atoms with E-state index in [2.05, 4.69) is 15.4 Å². The number of hydrogen-bond donors (Lipinski definition) is 2. The van der Waals surface area contributed by atoms with E-state index in [-0.39, 0.29) is 42.7 Å². The quantitative estimate of drug-likeness (QED) is 0.373. The Balaban J connectivity index is 1.83. The summed E-state index contributed by atoms with van der Waals surface area (Å²) in [5.74, 6) is -3.77. The van der Waals surface area contributed by atoms with Gasteiger partial charge in [-0.05, 0) is 26.8 Å². The van der Waals surface area contributed by atoms with Crippen LogP contribution in [-0.2, 0) is 39.5 Å². The summed E-state index contributed by atoms with van der Waals surface area (Å²) in [5, 5.41) is 9.28. The number of carboxylic acids is 1. The van der Waals surface area contributed by atoms with E-state index in [1.807, 2.05) is 0 Å². The molecule has 2 rings (SSSR count). The molecule has 30 heavy (non-hydrogen) atoms. The number of carbonyl (C=O) groups is 2. The summed E-state index contributed by atoms with van der Waals surface area (Å²) in [5.41, 5.74) is 0. The number of aliphatic carboxylic acids is 1. The van der Waals surface area contributed by atoms with Crippen LogP contribution in [0.4, 0.5) is 0 Å². The maximum absolute atomic E-state index is 12.2. The fourth-order valence-electron chi connectivity index (χ4n) is 2.39. The van der Waals surface area contributed by atoms with Crippen LogP contribution in [-0.4, -0.2) is 34.7 Å². The van der Waals surface area contributed by atoms with Gasteiger partial charge in [0.1, 0.15) is 18.1 Å². The van der Waals surface area contributed by atoms with Crippen molar-refractivity contribution in [2.24, 2.45) is 5.92 Å². The smallest absolute Gasteiger partial charge is 0.481 e. The zero-order valence-corrected chi connectivity index (χ0v) is 17.1. The Morgan fingerprint density at radius 2 is 1.90 bits per heavy atom. The first-order chi connectivity index (χ1) is 14.0. The Morgan fingerprint density at radius 1 is 1.20 bits per heavy atom. The van der Waals surface area contributed by atoms with E-state index in [9.17, 15) is 28.9 Å². The van der Waals surface area contributed by atoms with Gasteiger partial charge >= 0.3 is 25.4 Å². The highest BCUT2D eigenvalue weighted by atomic mass is 31.2. The molecule has 0 fully saturated rings. The van der Waals surface area contributed by atoms with E-state index in [0.29, 0.717) is 5.76 Å². The summed E-state index contributed by atoms with van der Waals surface area (Å²) in [7, 11) is -4.38. The molecule has 12 nitrogen and oxygen atoms in total. The predicted molar refractivity (Wildman–Crippen MR) is 96.8 cm³/mol. The maximum atomic E-state index is 12.2. The van der Waals surface area contributed by atoms with Gasteiger partial charge < -0.3 is 37.6 Å². The molecule has 13 heteroatoms. The van der Waals surface area contributed by atoms with Gasteiger partial charge in [0.15, 0.2) is 18.1 Å². The van der Waals surface area contributed by atoms with Gasteiger partial charge in [-0.2, -0.15) is 0 Å². The molecule has 0 amide bonds. The van der Waals surface area contributed by atoms with Crippen molar-refractivity contribution in [1.29, 1.82) is 0 Å². The molecule has 1 aliphatic heterocycles. The SMILES string of the molecule is C=C1OC(C)=C(COC(=O)CCC(CP(=O)(O)OCc2oc(=O)oc2C)C(=O)O)O1. The minimum Gasteiger partial charge on any atom is -0.481 e. The second-order valence-electron chi connectivity index (χ2n) is 6.32. The van der Waals surface area contributed by atoms with E-state index >= 15 is 0 Å². The third-order valence-corrected chi connectivity index (χ3v) is 5.43. The molecule has 2 atom stereocenters. The van der Waals surface area contributed by atoms with E-state index < -0.39 is 44.0 Å². The fraction of sp³-hybridized carbons (Fsp3) is 0.471. The number of rotatable bonds is 11.